The first-order valence-corrected chi connectivity index (χ1v) is 3.45. The minimum absolute atomic E-state index is 0.483. The van der Waals surface area contributed by atoms with Crippen molar-refractivity contribution in [2.45, 2.75) is 13.1 Å². The van der Waals surface area contributed by atoms with E-state index in [2.05, 4.69) is 10.1 Å². The van der Waals surface area contributed by atoms with E-state index in [0.29, 0.717) is 5.75 Å². The molecule has 0 aliphatic heterocycles. The molecule has 6 heteroatoms. The highest BCUT2D eigenvalue weighted by atomic mass is 32.2. The molecule has 0 saturated carbocycles. The van der Waals surface area contributed by atoms with Gasteiger partial charge in [0.1, 0.15) is 0 Å². The molecule has 0 unspecified atom stereocenters. The predicted molar refractivity (Wildman–Crippen MR) is 35.8 cm³/mol. The second-order valence-electron chi connectivity index (χ2n) is 1.39. The number of nitrogens with zero attached hydrogens (tertiary/aromatic N) is 1. The Morgan fingerprint density at radius 1 is 1.60 bits per heavy atom. The van der Waals surface area contributed by atoms with E-state index in [1.807, 2.05) is 0 Å². The van der Waals surface area contributed by atoms with Gasteiger partial charge in [-0.15, -0.1) is 0 Å². The Hall–Kier alpha value is -0.390. The summed E-state index contributed by atoms with van der Waals surface area (Å²) in [5.41, 5.74) is 4.54. The summed E-state index contributed by atoms with van der Waals surface area (Å²) in [4.78, 5) is 0. The molecule has 0 aromatic heterocycles. The summed E-state index contributed by atoms with van der Waals surface area (Å²) in [5, 5.41) is 0. The number of alkyl halides is 3. The van der Waals surface area contributed by atoms with Crippen molar-refractivity contribution in [2.24, 2.45) is 10.1 Å². The lowest BCUT2D eigenvalue weighted by Crippen LogP contribution is -2.30. The van der Waals surface area contributed by atoms with Gasteiger partial charge in [0.05, 0.1) is 0 Å². The van der Waals surface area contributed by atoms with Crippen molar-refractivity contribution in [3.05, 3.63) is 0 Å². The first-order chi connectivity index (χ1) is 4.48. The summed E-state index contributed by atoms with van der Waals surface area (Å²) in [6.45, 7) is 1.69. The molecule has 0 aromatic carbocycles. The topological polar surface area (TPSA) is 38.4 Å². The van der Waals surface area contributed by atoms with Crippen LogP contribution in [0.4, 0.5) is 13.2 Å². The van der Waals surface area contributed by atoms with Gasteiger partial charge in [0.15, 0.2) is 0 Å². The van der Waals surface area contributed by atoms with E-state index >= 15 is 0 Å². The number of nitrogens with two attached hydrogens (primary N) is 1. The van der Waals surface area contributed by atoms with Crippen LogP contribution in [-0.4, -0.2) is 17.8 Å². The van der Waals surface area contributed by atoms with E-state index in [9.17, 15) is 13.2 Å². The lowest BCUT2D eigenvalue weighted by atomic mass is 10.6. The first-order valence-electron chi connectivity index (χ1n) is 2.51. The molecule has 0 aromatic rings. The average molecular weight is 172 g/mol. The summed E-state index contributed by atoms with van der Waals surface area (Å²) < 4.78 is 37.5. The van der Waals surface area contributed by atoms with Gasteiger partial charge in [0.2, 0.25) is 5.84 Å². The molecule has 0 rings (SSSR count). The number of amidine groups is 1. The van der Waals surface area contributed by atoms with Crippen LogP contribution in [0.15, 0.2) is 4.40 Å². The third-order valence-electron chi connectivity index (χ3n) is 0.582. The van der Waals surface area contributed by atoms with E-state index in [1.165, 1.54) is 0 Å². The lowest BCUT2D eigenvalue weighted by molar-refractivity contribution is -0.0595. The van der Waals surface area contributed by atoms with Gasteiger partial charge in [-0.1, -0.05) is 6.92 Å². The van der Waals surface area contributed by atoms with Crippen LogP contribution in [0.3, 0.4) is 0 Å². The Bertz CT molecular complexity index is 131. The maximum atomic E-state index is 11.5. The molecule has 0 saturated heterocycles. The van der Waals surface area contributed by atoms with Crippen molar-refractivity contribution >= 4 is 17.8 Å². The van der Waals surface area contributed by atoms with E-state index in [1.54, 1.807) is 6.92 Å². The van der Waals surface area contributed by atoms with Crippen molar-refractivity contribution in [3.8, 4) is 0 Å². The van der Waals surface area contributed by atoms with Gasteiger partial charge in [-0.3, -0.25) is 0 Å². The molecule has 0 aliphatic carbocycles. The molecule has 0 amide bonds. The zero-order valence-corrected chi connectivity index (χ0v) is 6.09. The van der Waals surface area contributed by atoms with Crippen molar-refractivity contribution < 1.29 is 13.2 Å². The SMILES string of the molecule is CCSN=C(N)C(F)(F)F. The molecule has 60 valence electrons. The van der Waals surface area contributed by atoms with Crippen LogP contribution in [0.2, 0.25) is 0 Å². The zero-order valence-electron chi connectivity index (χ0n) is 5.27. The molecular weight excluding hydrogens is 165 g/mol. The van der Waals surface area contributed by atoms with Gasteiger partial charge >= 0.3 is 6.18 Å². The maximum absolute atomic E-state index is 11.5. The second-order valence-corrected chi connectivity index (χ2v) is 2.41. The van der Waals surface area contributed by atoms with Crippen LogP contribution in [0.5, 0.6) is 0 Å². The fourth-order valence-electron chi connectivity index (χ4n) is 0.186. The van der Waals surface area contributed by atoms with Crippen LogP contribution < -0.4 is 5.73 Å². The van der Waals surface area contributed by atoms with Crippen molar-refractivity contribution in [3.63, 3.8) is 0 Å². The average Bonchev–Trinajstić information content (AvgIpc) is 1.80. The van der Waals surface area contributed by atoms with Gasteiger partial charge in [0.25, 0.3) is 0 Å². The molecule has 0 heterocycles. The van der Waals surface area contributed by atoms with E-state index in [-0.39, 0.29) is 0 Å². The van der Waals surface area contributed by atoms with Crippen molar-refractivity contribution in [1.82, 2.24) is 0 Å². The van der Waals surface area contributed by atoms with Crippen LogP contribution in [0.1, 0.15) is 6.92 Å². The Morgan fingerprint density at radius 2 is 2.10 bits per heavy atom. The fourth-order valence-corrected chi connectivity index (χ4v) is 0.558. The van der Waals surface area contributed by atoms with E-state index in [0.717, 1.165) is 11.9 Å². The molecular formula is C4H7F3N2S. The molecule has 0 bridgehead atoms. The lowest BCUT2D eigenvalue weighted by Gasteiger charge is -2.02. The number of halogens is 3. The van der Waals surface area contributed by atoms with Gasteiger partial charge in [-0.25, -0.2) is 0 Å². The minimum atomic E-state index is -4.48. The molecule has 0 aliphatic rings. The highest BCUT2D eigenvalue weighted by Crippen LogP contribution is 2.16. The smallest absolute Gasteiger partial charge is 0.379 e. The third-order valence-corrected chi connectivity index (χ3v) is 1.17. The van der Waals surface area contributed by atoms with Crippen molar-refractivity contribution in [2.75, 3.05) is 5.75 Å². The Labute approximate surface area is 60.8 Å². The van der Waals surface area contributed by atoms with Gasteiger partial charge in [0, 0.05) is 5.75 Å². The fraction of sp³-hybridized carbons (Fsp3) is 0.750. The Kier molecular flexibility index (Phi) is 3.55. The van der Waals surface area contributed by atoms with Crippen molar-refractivity contribution in [1.29, 1.82) is 0 Å². The summed E-state index contributed by atoms with van der Waals surface area (Å²) in [7, 11) is 0. The molecule has 2 nitrogen and oxygen atoms in total. The molecule has 0 radical (unpaired) electrons. The summed E-state index contributed by atoms with van der Waals surface area (Å²) >= 11 is 0.786. The summed E-state index contributed by atoms with van der Waals surface area (Å²) in [6, 6.07) is 0. The Balaban J connectivity index is 3.93. The predicted octanol–water partition coefficient (Wildman–Crippen LogP) is 1.57. The van der Waals surface area contributed by atoms with Crippen LogP contribution in [0, 0.1) is 0 Å². The molecule has 2 N–H and O–H groups in total. The highest BCUT2D eigenvalue weighted by Gasteiger charge is 2.33. The first kappa shape index (κ1) is 9.61. The van der Waals surface area contributed by atoms with Crippen LogP contribution in [0.25, 0.3) is 0 Å². The minimum Gasteiger partial charge on any atom is -0.379 e. The molecule has 0 spiro atoms. The molecule has 10 heavy (non-hydrogen) atoms. The quantitative estimate of drug-likeness (QED) is 0.390. The summed E-state index contributed by atoms with van der Waals surface area (Å²) in [5.74, 6) is -0.795. The molecule has 0 fully saturated rings. The zero-order chi connectivity index (χ0) is 8.20. The van der Waals surface area contributed by atoms with Gasteiger partial charge < -0.3 is 5.73 Å². The third kappa shape index (κ3) is 3.60. The summed E-state index contributed by atoms with van der Waals surface area (Å²) in [6.07, 6.45) is -4.48. The number of rotatable bonds is 2. The van der Waals surface area contributed by atoms with Crippen LogP contribution in [-0.2, 0) is 0 Å². The van der Waals surface area contributed by atoms with Crippen LogP contribution >= 0.6 is 11.9 Å². The number of hydrogen-bond acceptors (Lipinski definition) is 2. The second kappa shape index (κ2) is 3.70. The maximum Gasteiger partial charge on any atom is 0.449 e. The number of hydrogen-bond donors (Lipinski definition) is 1. The highest BCUT2D eigenvalue weighted by molar-refractivity contribution is 7.98. The normalized spacial score (nSPS) is 13.8. The largest absolute Gasteiger partial charge is 0.449 e. The standard InChI is InChI=1S/C4H7F3N2S/c1-2-10-9-3(8)4(5,6)7/h2H2,1H3,(H2,8,9). The Morgan fingerprint density at radius 3 is 2.40 bits per heavy atom. The van der Waals surface area contributed by atoms with E-state index < -0.39 is 12.0 Å². The van der Waals surface area contributed by atoms with Gasteiger partial charge in [-0.2, -0.15) is 17.6 Å². The van der Waals surface area contributed by atoms with Gasteiger partial charge in [-0.05, 0) is 11.9 Å². The van der Waals surface area contributed by atoms with E-state index in [4.69, 9.17) is 0 Å². The molecule has 0 atom stereocenters. The monoisotopic (exact) mass is 172 g/mol.